The van der Waals surface area contributed by atoms with Gasteiger partial charge in [0, 0.05) is 24.4 Å². The highest BCUT2D eigenvalue weighted by Gasteiger charge is 2.45. The van der Waals surface area contributed by atoms with Crippen molar-refractivity contribution in [2.24, 2.45) is 11.1 Å². The van der Waals surface area contributed by atoms with Gasteiger partial charge in [0.1, 0.15) is 0 Å². The maximum absolute atomic E-state index is 13.0. The third-order valence-corrected chi connectivity index (χ3v) is 6.17. The van der Waals surface area contributed by atoms with Gasteiger partial charge in [0.2, 0.25) is 5.91 Å². The first-order valence-corrected chi connectivity index (χ1v) is 10.1. The van der Waals surface area contributed by atoms with Crippen LogP contribution in [0, 0.1) is 5.92 Å². The van der Waals surface area contributed by atoms with Gasteiger partial charge in [-0.05, 0) is 37.8 Å². The molecule has 1 spiro atoms. The van der Waals surface area contributed by atoms with Gasteiger partial charge in [0.15, 0.2) is 5.60 Å². The van der Waals surface area contributed by atoms with E-state index in [1.165, 1.54) is 12.5 Å². The summed E-state index contributed by atoms with van der Waals surface area (Å²) in [4.78, 5) is 20.6. The van der Waals surface area contributed by atoms with E-state index in [9.17, 15) is 18.0 Å². The molecule has 1 aromatic carbocycles. The Morgan fingerprint density at radius 1 is 1.18 bits per heavy atom. The van der Waals surface area contributed by atoms with E-state index < -0.39 is 17.3 Å². The highest BCUT2D eigenvalue weighted by atomic mass is 19.4. The molecule has 0 N–H and O–H groups in total. The first kappa shape index (κ1) is 19.3. The molecule has 0 radical (unpaired) electrons. The summed E-state index contributed by atoms with van der Waals surface area (Å²) in [6, 6.07) is 5.20. The number of alkyl halides is 3. The Hall–Kier alpha value is -2.05. The van der Waals surface area contributed by atoms with Crippen LogP contribution in [0.25, 0.3) is 0 Å². The zero-order valence-electron chi connectivity index (χ0n) is 15.8. The highest BCUT2D eigenvalue weighted by Crippen LogP contribution is 2.37. The molecule has 1 atom stereocenters. The molecule has 1 amide bonds. The third kappa shape index (κ3) is 3.89. The van der Waals surface area contributed by atoms with Crippen molar-refractivity contribution in [3.8, 4) is 0 Å². The number of likely N-dealkylation sites (tertiary alicyclic amines) is 1. The molecule has 152 valence electrons. The van der Waals surface area contributed by atoms with Crippen LogP contribution in [-0.4, -0.2) is 35.2 Å². The van der Waals surface area contributed by atoms with Crippen LogP contribution in [-0.2, 0) is 15.8 Å². The van der Waals surface area contributed by atoms with Crippen LogP contribution in [0.4, 0.5) is 13.2 Å². The molecule has 1 aromatic rings. The van der Waals surface area contributed by atoms with Crippen molar-refractivity contribution in [3.63, 3.8) is 0 Å². The Morgan fingerprint density at radius 3 is 2.71 bits per heavy atom. The summed E-state index contributed by atoms with van der Waals surface area (Å²) in [6.45, 7) is 1.19. The number of rotatable bonds is 2. The van der Waals surface area contributed by atoms with Crippen LogP contribution < -0.4 is 0 Å². The molecule has 28 heavy (non-hydrogen) atoms. The first-order valence-electron chi connectivity index (χ1n) is 10.1. The minimum Gasteiger partial charge on any atom is -0.387 e. The summed E-state index contributed by atoms with van der Waals surface area (Å²) in [7, 11) is 0. The van der Waals surface area contributed by atoms with Crippen LogP contribution in [0.5, 0.6) is 0 Å². The van der Waals surface area contributed by atoms with E-state index in [2.05, 4.69) is 5.16 Å². The molecule has 2 aliphatic heterocycles. The highest BCUT2D eigenvalue weighted by molar-refractivity contribution is 6.01. The number of hydrogen-bond donors (Lipinski definition) is 0. The number of benzene rings is 1. The largest absolute Gasteiger partial charge is 0.416 e. The predicted molar refractivity (Wildman–Crippen MR) is 98.8 cm³/mol. The van der Waals surface area contributed by atoms with Gasteiger partial charge >= 0.3 is 6.18 Å². The normalized spacial score (nSPS) is 26.2. The third-order valence-electron chi connectivity index (χ3n) is 6.17. The van der Waals surface area contributed by atoms with Crippen molar-refractivity contribution >= 4 is 11.6 Å². The number of carbonyl (C=O) groups excluding carboxylic acids is 1. The summed E-state index contributed by atoms with van der Waals surface area (Å²) in [5.41, 5.74) is -0.335. The second kappa shape index (κ2) is 7.41. The van der Waals surface area contributed by atoms with Crippen LogP contribution >= 0.6 is 0 Å². The van der Waals surface area contributed by atoms with Crippen LogP contribution in [0.15, 0.2) is 29.4 Å². The molecule has 1 unspecified atom stereocenters. The summed E-state index contributed by atoms with van der Waals surface area (Å²) >= 11 is 0. The SMILES string of the molecule is O=C(C1CCCCC1)N1CCCC2(CC(c3cccc(C(F)(F)F)c3)=NO2)C1. The average molecular weight is 394 g/mol. The maximum atomic E-state index is 13.0. The van der Waals surface area contributed by atoms with Crippen molar-refractivity contribution in [2.75, 3.05) is 13.1 Å². The lowest BCUT2D eigenvalue weighted by Crippen LogP contribution is -2.52. The predicted octanol–water partition coefficient (Wildman–Crippen LogP) is 4.77. The molecule has 2 heterocycles. The van der Waals surface area contributed by atoms with Gasteiger partial charge in [-0.2, -0.15) is 13.2 Å². The molecule has 2 fully saturated rings. The molecule has 0 aromatic heterocycles. The standard InChI is InChI=1S/C21H25F3N2O2/c22-21(23,24)17-9-4-8-16(12-17)18-13-20(28-25-18)10-5-11-26(14-20)19(27)15-6-2-1-3-7-15/h4,8-9,12,15H,1-3,5-7,10-11,13-14H2. The number of hydrogen-bond acceptors (Lipinski definition) is 3. The van der Waals surface area contributed by atoms with Crippen molar-refractivity contribution in [3.05, 3.63) is 35.4 Å². The molecular weight excluding hydrogens is 369 g/mol. The molecule has 1 aliphatic carbocycles. The Morgan fingerprint density at radius 2 is 1.96 bits per heavy atom. The fourth-order valence-corrected chi connectivity index (χ4v) is 4.66. The van der Waals surface area contributed by atoms with Gasteiger partial charge in [-0.15, -0.1) is 0 Å². The van der Waals surface area contributed by atoms with Crippen LogP contribution in [0.2, 0.25) is 0 Å². The first-order chi connectivity index (χ1) is 13.4. The van der Waals surface area contributed by atoms with Gasteiger partial charge in [0.05, 0.1) is 17.8 Å². The number of oxime groups is 1. The lowest BCUT2D eigenvalue weighted by atomic mass is 9.84. The molecule has 4 nitrogen and oxygen atoms in total. The minimum atomic E-state index is -4.39. The summed E-state index contributed by atoms with van der Waals surface area (Å²) in [6.07, 6.45) is 2.94. The van der Waals surface area contributed by atoms with E-state index >= 15 is 0 Å². The smallest absolute Gasteiger partial charge is 0.387 e. The molecular formula is C21H25F3N2O2. The van der Waals surface area contributed by atoms with Gasteiger partial charge in [-0.25, -0.2) is 0 Å². The topological polar surface area (TPSA) is 41.9 Å². The minimum absolute atomic E-state index is 0.106. The van der Waals surface area contributed by atoms with Gasteiger partial charge in [-0.1, -0.05) is 36.6 Å². The Kier molecular flexibility index (Phi) is 5.10. The molecule has 4 rings (SSSR count). The fraction of sp³-hybridized carbons (Fsp3) is 0.619. The van der Waals surface area contributed by atoms with E-state index in [0.717, 1.165) is 57.2 Å². The van der Waals surface area contributed by atoms with E-state index in [4.69, 9.17) is 4.84 Å². The summed E-state index contributed by atoms with van der Waals surface area (Å²) < 4.78 is 39.0. The van der Waals surface area contributed by atoms with E-state index in [0.29, 0.717) is 24.2 Å². The summed E-state index contributed by atoms with van der Waals surface area (Å²) in [5, 5.41) is 4.12. The van der Waals surface area contributed by atoms with Gasteiger partial charge in [0.25, 0.3) is 0 Å². The number of nitrogens with zero attached hydrogens (tertiary/aromatic N) is 2. The summed E-state index contributed by atoms with van der Waals surface area (Å²) in [5.74, 6) is 0.309. The van der Waals surface area contributed by atoms with Crippen molar-refractivity contribution in [1.82, 2.24) is 4.90 Å². The van der Waals surface area contributed by atoms with Crippen molar-refractivity contribution in [1.29, 1.82) is 0 Å². The van der Waals surface area contributed by atoms with E-state index in [1.54, 1.807) is 6.07 Å². The quantitative estimate of drug-likeness (QED) is 0.725. The molecule has 0 bridgehead atoms. The lowest BCUT2D eigenvalue weighted by molar-refractivity contribution is -0.145. The Bertz CT molecular complexity index is 771. The van der Waals surface area contributed by atoms with Crippen LogP contribution in [0.3, 0.4) is 0 Å². The number of amides is 1. The Balaban J connectivity index is 1.45. The van der Waals surface area contributed by atoms with Crippen molar-refractivity contribution in [2.45, 2.75) is 63.1 Å². The van der Waals surface area contributed by atoms with Crippen molar-refractivity contribution < 1.29 is 22.8 Å². The number of piperidine rings is 1. The molecule has 3 aliphatic rings. The average Bonchev–Trinajstić information content (AvgIpc) is 3.11. The second-order valence-electron chi connectivity index (χ2n) is 8.27. The Labute approximate surface area is 162 Å². The molecule has 7 heteroatoms. The van der Waals surface area contributed by atoms with Crippen LogP contribution in [0.1, 0.15) is 62.5 Å². The van der Waals surface area contributed by atoms with E-state index in [1.807, 2.05) is 4.90 Å². The van der Waals surface area contributed by atoms with Gasteiger partial charge < -0.3 is 9.74 Å². The fourth-order valence-electron chi connectivity index (χ4n) is 4.66. The zero-order valence-corrected chi connectivity index (χ0v) is 15.8. The molecule has 1 saturated heterocycles. The monoisotopic (exact) mass is 394 g/mol. The zero-order chi connectivity index (χ0) is 19.8. The van der Waals surface area contributed by atoms with Gasteiger partial charge in [-0.3, -0.25) is 4.79 Å². The van der Waals surface area contributed by atoms with E-state index in [-0.39, 0.29) is 11.8 Å². The maximum Gasteiger partial charge on any atom is 0.416 e. The second-order valence-corrected chi connectivity index (χ2v) is 8.27. The lowest BCUT2D eigenvalue weighted by Gasteiger charge is -2.40. The molecule has 1 saturated carbocycles. The number of carbonyl (C=O) groups is 1. The number of halogens is 3.